The number of benzene rings is 1. The lowest BCUT2D eigenvalue weighted by Crippen LogP contribution is -2.34. The molecule has 17 heavy (non-hydrogen) atoms. The molecule has 1 aliphatic rings. The van der Waals surface area contributed by atoms with Crippen molar-refractivity contribution in [1.82, 2.24) is 5.32 Å². The molecule has 7 heteroatoms. The number of halogens is 3. The highest BCUT2D eigenvalue weighted by Crippen LogP contribution is 2.35. The molecule has 2 rings (SSSR count). The zero-order valence-corrected chi connectivity index (χ0v) is 9.23. The number of nitrogens with one attached hydrogen (secondary N) is 1. The first kappa shape index (κ1) is 12.3. The molecule has 1 aromatic rings. The minimum absolute atomic E-state index is 0.0716. The number of hydrogen-bond donors (Lipinski definition) is 2. The van der Waals surface area contributed by atoms with Crippen molar-refractivity contribution in [2.24, 2.45) is 0 Å². The van der Waals surface area contributed by atoms with Crippen molar-refractivity contribution < 1.29 is 23.1 Å². The van der Waals surface area contributed by atoms with Gasteiger partial charge < -0.3 is 5.11 Å². The van der Waals surface area contributed by atoms with Crippen molar-refractivity contribution in [1.29, 1.82) is 0 Å². The summed E-state index contributed by atoms with van der Waals surface area (Å²) in [6, 6.07) is 1.13. The number of carboxylic acid groups (broad SMARTS) is 1. The van der Waals surface area contributed by atoms with Gasteiger partial charge in [0.15, 0.2) is 17.5 Å². The van der Waals surface area contributed by atoms with E-state index in [0.717, 1.165) is 23.9 Å². The highest BCUT2D eigenvalue weighted by atomic mass is 32.2. The molecular formula is C10H8F3NO2S. The number of rotatable bonds is 2. The molecule has 0 aliphatic carbocycles. The maximum atomic E-state index is 13.4. The zero-order valence-electron chi connectivity index (χ0n) is 8.41. The monoisotopic (exact) mass is 263 g/mol. The molecule has 1 saturated heterocycles. The Labute approximate surface area is 99.0 Å². The standard InChI is InChI=1S/C10H8F3NO2S/c11-5-2-1-4(7(12)8(5)13)9-14-6(3-17-9)10(15)16/h1-2,6,9,14H,3H2,(H,15,16)/t6-,9-/m0/s1. The summed E-state index contributed by atoms with van der Waals surface area (Å²) >= 11 is 1.14. The van der Waals surface area contributed by atoms with Crippen LogP contribution in [0.25, 0.3) is 0 Å². The van der Waals surface area contributed by atoms with Gasteiger partial charge in [0.2, 0.25) is 0 Å². The van der Waals surface area contributed by atoms with Gasteiger partial charge in [0.25, 0.3) is 0 Å². The fourth-order valence-corrected chi connectivity index (χ4v) is 2.78. The molecule has 1 heterocycles. The van der Waals surface area contributed by atoms with Crippen LogP contribution in [-0.2, 0) is 4.79 Å². The van der Waals surface area contributed by atoms with Crippen LogP contribution >= 0.6 is 11.8 Å². The van der Waals surface area contributed by atoms with Gasteiger partial charge in [-0.3, -0.25) is 10.1 Å². The third-order valence-corrected chi connectivity index (χ3v) is 3.68. The van der Waals surface area contributed by atoms with Gasteiger partial charge in [-0.2, -0.15) is 0 Å². The Hall–Kier alpha value is -1.21. The summed E-state index contributed by atoms with van der Waals surface area (Å²) in [7, 11) is 0. The molecule has 92 valence electrons. The van der Waals surface area contributed by atoms with Crippen LogP contribution in [0.5, 0.6) is 0 Å². The zero-order chi connectivity index (χ0) is 12.6. The van der Waals surface area contributed by atoms with Crippen LogP contribution in [0.4, 0.5) is 13.2 Å². The Bertz CT molecular complexity index is 469. The molecule has 2 atom stereocenters. The van der Waals surface area contributed by atoms with Crippen molar-refractivity contribution in [3.63, 3.8) is 0 Å². The lowest BCUT2D eigenvalue weighted by Gasteiger charge is -2.12. The van der Waals surface area contributed by atoms with E-state index in [-0.39, 0.29) is 11.3 Å². The third-order valence-electron chi connectivity index (χ3n) is 2.43. The molecule has 0 amide bonds. The fraction of sp³-hybridized carbons (Fsp3) is 0.300. The first-order chi connectivity index (χ1) is 8.00. The molecule has 0 radical (unpaired) electrons. The van der Waals surface area contributed by atoms with Crippen LogP contribution in [0.2, 0.25) is 0 Å². The second-order valence-electron chi connectivity index (χ2n) is 3.54. The van der Waals surface area contributed by atoms with E-state index in [1.54, 1.807) is 0 Å². The van der Waals surface area contributed by atoms with E-state index in [0.29, 0.717) is 0 Å². The van der Waals surface area contributed by atoms with Crippen molar-refractivity contribution >= 4 is 17.7 Å². The number of carbonyl (C=O) groups is 1. The Kier molecular flexibility index (Phi) is 3.30. The van der Waals surface area contributed by atoms with E-state index in [9.17, 15) is 18.0 Å². The number of hydrogen-bond acceptors (Lipinski definition) is 3. The predicted molar refractivity (Wildman–Crippen MR) is 56.1 cm³/mol. The van der Waals surface area contributed by atoms with Gasteiger partial charge in [-0.1, -0.05) is 6.07 Å². The van der Waals surface area contributed by atoms with E-state index in [4.69, 9.17) is 5.11 Å². The van der Waals surface area contributed by atoms with E-state index < -0.39 is 34.8 Å². The van der Waals surface area contributed by atoms with Crippen LogP contribution in [0.1, 0.15) is 10.9 Å². The molecule has 1 aromatic carbocycles. The van der Waals surface area contributed by atoms with Gasteiger partial charge >= 0.3 is 5.97 Å². The van der Waals surface area contributed by atoms with Gasteiger partial charge in [0, 0.05) is 11.3 Å². The predicted octanol–water partition coefficient (Wildman–Crippen LogP) is 1.89. The summed E-state index contributed by atoms with van der Waals surface area (Å²) in [5.41, 5.74) is -0.0716. The average Bonchev–Trinajstić information content (AvgIpc) is 2.75. The molecule has 1 fully saturated rings. The van der Waals surface area contributed by atoms with E-state index in [1.807, 2.05) is 0 Å². The summed E-state index contributed by atoms with van der Waals surface area (Å²) in [4.78, 5) is 10.7. The van der Waals surface area contributed by atoms with E-state index in [2.05, 4.69) is 5.32 Å². The van der Waals surface area contributed by atoms with Crippen molar-refractivity contribution in [2.45, 2.75) is 11.4 Å². The third kappa shape index (κ3) is 2.25. The summed E-state index contributed by atoms with van der Waals surface area (Å²) in [5.74, 6) is -4.88. The van der Waals surface area contributed by atoms with Crippen molar-refractivity contribution in [3.8, 4) is 0 Å². The van der Waals surface area contributed by atoms with Gasteiger partial charge in [-0.25, -0.2) is 13.2 Å². The number of thioether (sulfide) groups is 1. The topological polar surface area (TPSA) is 49.3 Å². The SMILES string of the molecule is O=C(O)[C@@H]1CS[C@@H](c2ccc(F)c(F)c2F)N1. The Morgan fingerprint density at radius 1 is 1.35 bits per heavy atom. The lowest BCUT2D eigenvalue weighted by atomic mass is 10.2. The molecule has 0 unspecified atom stereocenters. The fourth-order valence-electron chi connectivity index (χ4n) is 1.54. The number of aliphatic carboxylic acids is 1. The average molecular weight is 263 g/mol. The Balaban J connectivity index is 2.25. The molecule has 0 spiro atoms. The maximum Gasteiger partial charge on any atom is 0.321 e. The van der Waals surface area contributed by atoms with E-state index in [1.165, 1.54) is 0 Å². The largest absolute Gasteiger partial charge is 0.480 e. The first-order valence-electron chi connectivity index (χ1n) is 4.74. The van der Waals surface area contributed by atoms with Gasteiger partial charge in [-0.05, 0) is 6.07 Å². The maximum absolute atomic E-state index is 13.4. The first-order valence-corrected chi connectivity index (χ1v) is 5.79. The minimum Gasteiger partial charge on any atom is -0.480 e. The molecule has 2 N–H and O–H groups in total. The lowest BCUT2D eigenvalue weighted by molar-refractivity contribution is -0.138. The van der Waals surface area contributed by atoms with Gasteiger partial charge in [0.1, 0.15) is 6.04 Å². The van der Waals surface area contributed by atoms with Gasteiger partial charge in [0.05, 0.1) is 5.37 Å². The second kappa shape index (κ2) is 4.58. The molecule has 3 nitrogen and oxygen atoms in total. The van der Waals surface area contributed by atoms with Crippen molar-refractivity contribution in [2.75, 3.05) is 5.75 Å². The second-order valence-corrected chi connectivity index (χ2v) is 4.67. The van der Waals surface area contributed by atoms with Crippen LogP contribution in [0.15, 0.2) is 12.1 Å². The molecular weight excluding hydrogens is 255 g/mol. The Morgan fingerprint density at radius 2 is 2.06 bits per heavy atom. The Morgan fingerprint density at radius 3 is 2.65 bits per heavy atom. The molecule has 0 aromatic heterocycles. The summed E-state index contributed by atoms with van der Waals surface area (Å²) in [5, 5.41) is 10.7. The van der Waals surface area contributed by atoms with Crippen LogP contribution in [0, 0.1) is 17.5 Å². The highest BCUT2D eigenvalue weighted by Gasteiger charge is 2.32. The van der Waals surface area contributed by atoms with Crippen LogP contribution < -0.4 is 5.32 Å². The number of carboxylic acids is 1. The summed E-state index contributed by atoms with van der Waals surface area (Å²) in [6.07, 6.45) is 0. The van der Waals surface area contributed by atoms with Crippen molar-refractivity contribution in [3.05, 3.63) is 35.1 Å². The van der Waals surface area contributed by atoms with E-state index >= 15 is 0 Å². The summed E-state index contributed by atoms with van der Waals surface area (Å²) in [6.45, 7) is 0. The van der Waals surface area contributed by atoms with Gasteiger partial charge in [-0.15, -0.1) is 11.8 Å². The minimum atomic E-state index is -1.54. The highest BCUT2D eigenvalue weighted by molar-refractivity contribution is 7.99. The molecule has 1 aliphatic heterocycles. The normalized spacial score (nSPS) is 23.9. The van der Waals surface area contributed by atoms with Crippen LogP contribution in [0.3, 0.4) is 0 Å². The summed E-state index contributed by atoms with van der Waals surface area (Å²) < 4.78 is 39.1. The molecule has 0 saturated carbocycles. The van der Waals surface area contributed by atoms with Crippen LogP contribution in [-0.4, -0.2) is 22.9 Å². The molecule has 0 bridgehead atoms. The smallest absolute Gasteiger partial charge is 0.321 e. The quantitative estimate of drug-likeness (QED) is 0.800.